The van der Waals surface area contributed by atoms with Crippen LogP contribution in [0.5, 0.6) is 0 Å². The van der Waals surface area contributed by atoms with Crippen molar-refractivity contribution in [1.82, 2.24) is 0 Å². The van der Waals surface area contributed by atoms with Gasteiger partial charge in [0.1, 0.15) is 18.3 Å². The highest BCUT2D eigenvalue weighted by molar-refractivity contribution is 7.58. The molecule has 2 aliphatic rings. The predicted molar refractivity (Wildman–Crippen MR) is 88.7 cm³/mol. The van der Waals surface area contributed by atoms with Gasteiger partial charge in [-0.05, 0) is 41.5 Å². The average molecular weight is 364 g/mol. The van der Waals surface area contributed by atoms with Crippen LogP contribution in [0.25, 0.3) is 0 Å². The van der Waals surface area contributed by atoms with Crippen molar-refractivity contribution in [3.05, 3.63) is 11.9 Å². The van der Waals surface area contributed by atoms with Gasteiger partial charge >= 0.3 is 7.60 Å². The minimum Gasteiger partial charge on any atom is -0.375 e. The lowest BCUT2D eigenvalue weighted by molar-refractivity contribution is -0.211. The van der Waals surface area contributed by atoms with Crippen molar-refractivity contribution in [3.63, 3.8) is 0 Å². The zero-order chi connectivity index (χ0) is 18.3. The Morgan fingerprint density at radius 2 is 1.67 bits per heavy atom. The molecule has 0 aromatic heterocycles. The smallest absolute Gasteiger partial charge is 0.359 e. The standard InChI is InChI=1S/C16H29O7P/c1-9(2)22-24(17,23-10(3)4)11(5)12-13(18-8)14-15(19-12)21-16(6,7)20-14/h9-10,12-15H,5H2,1-4,6-8H3. The summed E-state index contributed by atoms with van der Waals surface area (Å²) in [5.41, 5.74) is 0. The molecule has 24 heavy (non-hydrogen) atoms. The molecule has 140 valence electrons. The van der Waals surface area contributed by atoms with Gasteiger partial charge in [-0.15, -0.1) is 0 Å². The van der Waals surface area contributed by atoms with Crippen LogP contribution in [0.3, 0.4) is 0 Å². The Morgan fingerprint density at radius 1 is 1.12 bits per heavy atom. The summed E-state index contributed by atoms with van der Waals surface area (Å²) in [6.45, 7) is 14.7. The van der Waals surface area contributed by atoms with Crippen LogP contribution in [0, 0.1) is 0 Å². The van der Waals surface area contributed by atoms with E-state index >= 15 is 0 Å². The van der Waals surface area contributed by atoms with Crippen molar-refractivity contribution in [3.8, 4) is 0 Å². The van der Waals surface area contributed by atoms with Gasteiger partial charge in [0.25, 0.3) is 0 Å². The monoisotopic (exact) mass is 364 g/mol. The van der Waals surface area contributed by atoms with Crippen molar-refractivity contribution in [2.24, 2.45) is 0 Å². The molecule has 2 heterocycles. The molecule has 0 saturated carbocycles. The highest BCUT2D eigenvalue weighted by atomic mass is 31.2. The van der Waals surface area contributed by atoms with Gasteiger partial charge < -0.3 is 28.0 Å². The van der Waals surface area contributed by atoms with Crippen molar-refractivity contribution < 1.29 is 32.6 Å². The van der Waals surface area contributed by atoms with Crippen LogP contribution >= 0.6 is 7.60 Å². The second-order valence-electron chi connectivity index (χ2n) is 7.02. The Balaban J connectivity index is 2.22. The fraction of sp³-hybridized carbons (Fsp3) is 0.875. The van der Waals surface area contributed by atoms with Gasteiger partial charge in [-0.2, -0.15) is 0 Å². The van der Waals surface area contributed by atoms with E-state index in [4.69, 9.17) is 28.0 Å². The third-order valence-corrected chi connectivity index (χ3v) is 6.00. The van der Waals surface area contributed by atoms with E-state index < -0.39 is 38.0 Å². The van der Waals surface area contributed by atoms with Crippen LogP contribution in [0.15, 0.2) is 11.9 Å². The van der Waals surface area contributed by atoms with Gasteiger partial charge in [0.2, 0.25) is 0 Å². The normalized spacial score (nSPS) is 32.5. The summed E-state index contributed by atoms with van der Waals surface area (Å²) >= 11 is 0. The first kappa shape index (κ1) is 20.0. The molecular weight excluding hydrogens is 335 g/mol. The molecule has 2 saturated heterocycles. The summed E-state index contributed by atoms with van der Waals surface area (Å²) in [4.78, 5) is 0. The maximum atomic E-state index is 13.3. The number of hydrogen-bond donors (Lipinski definition) is 0. The first-order chi connectivity index (χ1) is 11.0. The number of rotatable bonds is 7. The largest absolute Gasteiger partial charge is 0.375 e. The van der Waals surface area contributed by atoms with Crippen LogP contribution in [0.4, 0.5) is 0 Å². The van der Waals surface area contributed by atoms with Gasteiger partial charge in [-0.3, -0.25) is 4.57 Å². The molecule has 2 aliphatic heterocycles. The van der Waals surface area contributed by atoms with Crippen LogP contribution in [-0.2, 0) is 32.6 Å². The molecule has 2 fully saturated rings. The second-order valence-corrected chi connectivity index (χ2v) is 9.01. The van der Waals surface area contributed by atoms with Gasteiger partial charge in [-0.1, -0.05) is 6.58 Å². The van der Waals surface area contributed by atoms with E-state index in [0.717, 1.165) is 0 Å². The van der Waals surface area contributed by atoms with Crippen LogP contribution < -0.4 is 0 Å². The zero-order valence-electron chi connectivity index (χ0n) is 15.5. The number of fused-ring (bicyclic) bond motifs is 1. The second kappa shape index (κ2) is 7.16. The molecule has 0 spiro atoms. The van der Waals surface area contributed by atoms with E-state index in [2.05, 4.69) is 6.58 Å². The quantitative estimate of drug-likeness (QED) is 0.641. The lowest BCUT2D eigenvalue weighted by Gasteiger charge is -2.30. The lowest BCUT2D eigenvalue weighted by atomic mass is 10.1. The Kier molecular flexibility index (Phi) is 5.98. The minimum atomic E-state index is -3.60. The molecule has 0 aromatic rings. The van der Waals surface area contributed by atoms with E-state index in [1.54, 1.807) is 48.7 Å². The Labute approximate surface area is 144 Å². The Bertz CT molecular complexity index is 503. The van der Waals surface area contributed by atoms with Crippen molar-refractivity contribution >= 4 is 7.60 Å². The molecule has 4 atom stereocenters. The topological polar surface area (TPSA) is 72.5 Å². The number of hydrogen-bond acceptors (Lipinski definition) is 7. The van der Waals surface area contributed by atoms with Gasteiger partial charge in [0.15, 0.2) is 12.1 Å². The first-order valence-electron chi connectivity index (χ1n) is 8.19. The third-order valence-electron chi connectivity index (χ3n) is 3.64. The van der Waals surface area contributed by atoms with E-state index in [1.807, 2.05) is 0 Å². The Morgan fingerprint density at radius 3 is 2.12 bits per heavy atom. The molecule has 8 heteroatoms. The van der Waals surface area contributed by atoms with Crippen LogP contribution in [0.1, 0.15) is 41.5 Å². The molecule has 4 unspecified atom stereocenters. The van der Waals surface area contributed by atoms with Crippen molar-refractivity contribution in [1.29, 1.82) is 0 Å². The van der Waals surface area contributed by atoms with E-state index in [1.165, 1.54) is 0 Å². The fourth-order valence-electron chi connectivity index (χ4n) is 2.88. The summed E-state index contributed by atoms with van der Waals surface area (Å²) in [5, 5.41) is 0.219. The van der Waals surface area contributed by atoms with Crippen molar-refractivity contribution in [2.75, 3.05) is 7.11 Å². The maximum absolute atomic E-state index is 13.3. The molecule has 7 nitrogen and oxygen atoms in total. The molecule has 0 N–H and O–H groups in total. The number of ether oxygens (including phenoxy) is 4. The van der Waals surface area contributed by atoms with Crippen LogP contribution in [0.2, 0.25) is 0 Å². The number of methoxy groups -OCH3 is 1. The van der Waals surface area contributed by atoms with Crippen molar-refractivity contribution in [2.45, 2.75) is 84.1 Å². The van der Waals surface area contributed by atoms with Gasteiger partial charge in [0.05, 0.1) is 17.5 Å². The minimum absolute atomic E-state index is 0.219. The SMILES string of the molecule is C=C(C1OC2OC(C)(C)OC2C1OC)P(=O)(OC(C)C)OC(C)C. The summed E-state index contributed by atoms with van der Waals surface area (Å²) in [6, 6.07) is 0. The predicted octanol–water partition coefficient (Wildman–Crippen LogP) is 3.43. The fourth-order valence-corrected chi connectivity index (χ4v) is 4.83. The molecule has 0 aromatic carbocycles. The van der Waals surface area contributed by atoms with E-state index in [0.29, 0.717) is 0 Å². The summed E-state index contributed by atoms with van der Waals surface area (Å²) in [6.07, 6.45) is -2.84. The molecular formula is C16H29O7P. The molecule has 2 rings (SSSR count). The molecule has 0 bridgehead atoms. The van der Waals surface area contributed by atoms with E-state index in [-0.39, 0.29) is 17.5 Å². The molecule has 0 amide bonds. The highest BCUT2D eigenvalue weighted by Crippen LogP contribution is 2.60. The van der Waals surface area contributed by atoms with Gasteiger partial charge in [-0.25, -0.2) is 0 Å². The lowest BCUT2D eigenvalue weighted by Crippen LogP contribution is -2.37. The summed E-state index contributed by atoms with van der Waals surface area (Å²) in [7, 11) is -2.06. The van der Waals surface area contributed by atoms with Crippen LogP contribution in [-0.4, -0.2) is 49.7 Å². The highest BCUT2D eigenvalue weighted by Gasteiger charge is 2.58. The molecule has 0 radical (unpaired) electrons. The zero-order valence-corrected chi connectivity index (χ0v) is 16.4. The Hall–Kier alpha value is -0.270. The van der Waals surface area contributed by atoms with Gasteiger partial charge in [0, 0.05) is 7.11 Å². The summed E-state index contributed by atoms with van der Waals surface area (Å²) in [5.74, 6) is -0.759. The average Bonchev–Trinajstić information content (AvgIpc) is 2.86. The molecule has 0 aliphatic carbocycles. The summed E-state index contributed by atoms with van der Waals surface area (Å²) < 4.78 is 47.5. The first-order valence-corrected chi connectivity index (χ1v) is 9.73. The maximum Gasteiger partial charge on any atom is 0.359 e. The third kappa shape index (κ3) is 4.10. The van der Waals surface area contributed by atoms with E-state index in [9.17, 15) is 4.57 Å².